The highest BCUT2D eigenvalue weighted by Gasteiger charge is 2.29. The van der Waals surface area contributed by atoms with Crippen LogP contribution in [0.15, 0.2) is 58.2 Å². The smallest absolute Gasteiger partial charge is 0.261 e. The van der Waals surface area contributed by atoms with Crippen molar-refractivity contribution in [1.82, 2.24) is 9.55 Å². The monoisotopic (exact) mass is 461 g/mol. The maximum atomic E-state index is 13.2. The van der Waals surface area contributed by atoms with Crippen molar-refractivity contribution in [1.29, 1.82) is 0 Å². The summed E-state index contributed by atoms with van der Waals surface area (Å²) in [6.45, 7) is 2.40. The Morgan fingerprint density at radius 1 is 1.24 bits per heavy atom. The van der Waals surface area contributed by atoms with Gasteiger partial charge in [0.1, 0.15) is 5.00 Å². The summed E-state index contributed by atoms with van der Waals surface area (Å²) in [5.41, 5.74) is 2.00. The van der Waals surface area contributed by atoms with Gasteiger partial charge in [-0.1, -0.05) is 19.1 Å². The molecule has 4 aromatic rings. The minimum absolute atomic E-state index is 0.0906. The second-order valence-corrected chi connectivity index (χ2v) is 9.53. The van der Waals surface area contributed by atoms with E-state index in [9.17, 15) is 14.4 Å². The summed E-state index contributed by atoms with van der Waals surface area (Å²) < 4.78 is 6.78. The maximum Gasteiger partial charge on any atom is 0.261 e. The molecule has 0 bridgehead atoms. The first-order chi connectivity index (χ1) is 16.0. The molecule has 5 rings (SSSR count). The summed E-state index contributed by atoms with van der Waals surface area (Å²) in [6, 6.07) is 10.5. The van der Waals surface area contributed by atoms with E-state index in [1.807, 2.05) is 6.07 Å². The summed E-state index contributed by atoms with van der Waals surface area (Å²) >= 11 is 1.47. The van der Waals surface area contributed by atoms with Crippen molar-refractivity contribution in [3.63, 3.8) is 0 Å². The first-order valence-corrected chi connectivity index (χ1v) is 11.8. The van der Waals surface area contributed by atoms with Gasteiger partial charge in [0.25, 0.3) is 5.56 Å². The third-order valence-electron chi connectivity index (χ3n) is 6.05. The number of furan rings is 1. The molecule has 0 spiro atoms. The number of rotatable bonds is 6. The van der Waals surface area contributed by atoms with Crippen LogP contribution in [0, 0.1) is 5.92 Å². The molecule has 1 aliphatic carbocycles. The topological polar surface area (TPSA) is 94.2 Å². The van der Waals surface area contributed by atoms with Crippen LogP contribution in [0.1, 0.15) is 46.3 Å². The van der Waals surface area contributed by atoms with E-state index in [-0.39, 0.29) is 36.0 Å². The molecule has 33 heavy (non-hydrogen) atoms. The van der Waals surface area contributed by atoms with Gasteiger partial charge in [-0.25, -0.2) is 4.98 Å². The van der Waals surface area contributed by atoms with Crippen LogP contribution in [0.4, 0.5) is 5.00 Å². The van der Waals surface area contributed by atoms with Gasteiger partial charge in [-0.05, 0) is 55.0 Å². The number of aromatic nitrogens is 2. The van der Waals surface area contributed by atoms with Gasteiger partial charge >= 0.3 is 0 Å². The average Bonchev–Trinajstić information content (AvgIpc) is 3.46. The van der Waals surface area contributed by atoms with Crippen molar-refractivity contribution in [2.45, 2.75) is 39.2 Å². The van der Waals surface area contributed by atoms with Gasteiger partial charge in [-0.3, -0.25) is 19.0 Å². The molecule has 1 unspecified atom stereocenters. The lowest BCUT2D eigenvalue weighted by atomic mass is 9.87. The number of carbonyl (C=O) groups is 2. The Labute approximate surface area is 194 Å². The van der Waals surface area contributed by atoms with Gasteiger partial charge in [-0.15, -0.1) is 11.3 Å². The molecule has 1 amide bonds. The number of anilines is 1. The van der Waals surface area contributed by atoms with E-state index in [1.165, 1.54) is 28.5 Å². The molecule has 3 aromatic heterocycles. The van der Waals surface area contributed by atoms with Crippen molar-refractivity contribution in [2.75, 3.05) is 5.32 Å². The lowest BCUT2D eigenvalue weighted by molar-refractivity contribution is -0.116. The Kier molecular flexibility index (Phi) is 5.68. The molecule has 0 aliphatic heterocycles. The molecule has 0 radical (unpaired) electrons. The van der Waals surface area contributed by atoms with E-state index in [2.05, 4.69) is 17.2 Å². The predicted octanol–water partition coefficient (Wildman–Crippen LogP) is 4.44. The lowest BCUT2D eigenvalue weighted by Gasteiger charge is -2.18. The number of aryl methyl sites for hydroxylation is 1. The molecule has 1 aliphatic rings. The van der Waals surface area contributed by atoms with Crippen LogP contribution in [-0.4, -0.2) is 21.2 Å². The molecule has 168 valence electrons. The van der Waals surface area contributed by atoms with Gasteiger partial charge in [0.05, 0.1) is 29.1 Å². The van der Waals surface area contributed by atoms with Gasteiger partial charge in [-0.2, -0.15) is 0 Å². The Bertz CT molecular complexity index is 1400. The summed E-state index contributed by atoms with van der Waals surface area (Å²) in [5.74, 6) is 0.338. The molecule has 0 saturated heterocycles. The molecule has 0 saturated carbocycles. The fourth-order valence-corrected chi connectivity index (χ4v) is 5.71. The molecule has 0 fully saturated rings. The van der Waals surface area contributed by atoms with Crippen molar-refractivity contribution < 1.29 is 14.0 Å². The van der Waals surface area contributed by atoms with Crippen molar-refractivity contribution in [3.05, 3.63) is 81.1 Å². The Morgan fingerprint density at radius 3 is 2.91 bits per heavy atom. The molecule has 1 atom stereocenters. The maximum absolute atomic E-state index is 13.2. The van der Waals surface area contributed by atoms with E-state index in [0.717, 1.165) is 29.7 Å². The number of benzene rings is 1. The second-order valence-electron chi connectivity index (χ2n) is 8.42. The molecule has 1 N–H and O–H groups in total. The number of ketones is 1. The average molecular weight is 462 g/mol. The number of nitrogens with zero attached hydrogens (tertiary/aromatic N) is 2. The largest absolute Gasteiger partial charge is 0.461 e. The molecular weight excluding hydrogens is 438 g/mol. The number of para-hydroxylation sites is 1. The minimum Gasteiger partial charge on any atom is -0.461 e. The van der Waals surface area contributed by atoms with E-state index < -0.39 is 0 Å². The minimum atomic E-state index is -0.254. The van der Waals surface area contributed by atoms with Crippen molar-refractivity contribution >= 4 is 38.9 Å². The highest BCUT2D eigenvalue weighted by molar-refractivity contribution is 7.17. The predicted molar refractivity (Wildman–Crippen MR) is 127 cm³/mol. The summed E-state index contributed by atoms with van der Waals surface area (Å²) in [4.78, 5) is 44.1. The fraction of sp³-hybridized carbons (Fsp3) is 0.280. The van der Waals surface area contributed by atoms with Crippen LogP contribution >= 0.6 is 11.3 Å². The summed E-state index contributed by atoms with van der Waals surface area (Å²) in [6.07, 6.45) is 5.74. The van der Waals surface area contributed by atoms with E-state index in [4.69, 9.17) is 4.42 Å². The van der Waals surface area contributed by atoms with Crippen LogP contribution in [0.25, 0.3) is 10.9 Å². The third kappa shape index (κ3) is 4.14. The highest BCUT2D eigenvalue weighted by Crippen LogP contribution is 2.40. The molecule has 3 heterocycles. The quantitative estimate of drug-likeness (QED) is 0.429. The number of nitrogens with one attached hydrogen (secondary N) is 1. The van der Waals surface area contributed by atoms with Gasteiger partial charge in [0.2, 0.25) is 11.7 Å². The number of hydrogen-bond acceptors (Lipinski definition) is 6. The number of hydrogen-bond donors (Lipinski definition) is 1. The SMILES string of the molecule is CC1CCc2c(sc(NC(=O)CCn3cnc4ccccc4c3=O)c2C(=O)c2ccco2)C1. The first-order valence-electron chi connectivity index (χ1n) is 11.0. The van der Waals surface area contributed by atoms with Gasteiger partial charge in [0.15, 0.2) is 5.76 Å². The van der Waals surface area contributed by atoms with Crippen LogP contribution < -0.4 is 10.9 Å². The zero-order valence-corrected chi connectivity index (χ0v) is 19.0. The van der Waals surface area contributed by atoms with Crippen LogP contribution in [0.5, 0.6) is 0 Å². The van der Waals surface area contributed by atoms with E-state index >= 15 is 0 Å². The Hall–Kier alpha value is -3.52. The number of amides is 1. The van der Waals surface area contributed by atoms with Crippen molar-refractivity contribution in [2.24, 2.45) is 5.92 Å². The van der Waals surface area contributed by atoms with Crippen LogP contribution in [-0.2, 0) is 24.2 Å². The summed E-state index contributed by atoms with van der Waals surface area (Å²) in [7, 11) is 0. The van der Waals surface area contributed by atoms with Crippen LogP contribution in [0.2, 0.25) is 0 Å². The standard InChI is InChI=1S/C25H23N3O4S/c1-15-8-9-17-20(13-15)33-24(22(17)23(30)19-7-4-12-32-19)27-21(29)10-11-28-14-26-18-6-3-2-5-16(18)25(28)31/h2-7,12,14-15H,8-11,13H2,1H3,(H,27,29). The van der Waals surface area contributed by atoms with Gasteiger partial charge < -0.3 is 9.73 Å². The van der Waals surface area contributed by atoms with E-state index in [1.54, 1.807) is 30.3 Å². The Morgan fingerprint density at radius 2 is 2.09 bits per heavy atom. The van der Waals surface area contributed by atoms with Crippen molar-refractivity contribution in [3.8, 4) is 0 Å². The molecular formula is C25H23N3O4S. The Balaban J connectivity index is 1.38. The highest BCUT2D eigenvalue weighted by atomic mass is 32.1. The van der Waals surface area contributed by atoms with Crippen LogP contribution in [0.3, 0.4) is 0 Å². The molecule has 1 aromatic carbocycles. The molecule has 8 heteroatoms. The number of thiophene rings is 1. The van der Waals surface area contributed by atoms with Gasteiger partial charge in [0, 0.05) is 17.8 Å². The zero-order valence-electron chi connectivity index (χ0n) is 18.2. The normalized spacial score (nSPS) is 15.4. The first kappa shape index (κ1) is 21.3. The second kappa shape index (κ2) is 8.78. The summed E-state index contributed by atoms with van der Waals surface area (Å²) in [5, 5.41) is 4.01. The van der Waals surface area contributed by atoms with E-state index in [0.29, 0.717) is 27.4 Å². The number of fused-ring (bicyclic) bond motifs is 2. The molecule has 7 nitrogen and oxygen atoms in total. The fourth-order valence-electron chi connectivity index (χ4n) is 4.29. The lowest BCUT2D eigenvalue weighted by Crippen LogP contribution is -2.23. The zero-order chi connectivity index (χ0) is 22.9. The number of carbonyl (C=O) groups excluding carboxylic acids is 2. The third-order valence-corrected chi connectivity index (χ3v) is 7.22.